The minimum Gasteiger partial charge on any atom is -0.448 e. The van der Waals surface area contributed by atoms with Gasteiger partial charge in [0.1, 0.15) is 12.4 Å². The van der Waals surface area contributed by atoms with Gasteiger partial charge in [0, 0.05) is 80.9 Å². The number of hydrogen-bond acceptors (Lipinski definition) is 10. The number of aliphatic hydroxyl groups excluding tert-OH is 1. The molecule has 1 unspecified atom stereocenters. The fraction of sp³-hybridized carbons (Fsp3) is 0.431. The SMILES string of the molecule is CCOCCNC(=O)CCc1ccc2c(c1)C(COC(=O)N1C(=O)/C(=C\c3[nH]c(C)c(C(=O)NCCN(CC)CC)c3C)c3cc(F)ccc31)c1cccc(C(=O)NCCOCCCCO)c1-2. The lowest BCUT2D eigenvalue weighted by atomic mass is 9.95. The van der Waals surface area contributed by atoms with E-state index in [0.29, 0.717) is 99.0 Å². The summed E-state index contributed by atoms with van der Waals surface area (Å²) in [6, 6.07) is 14.9. The number of aromatic nitrogens is 1. The number of nitrogens with zero attached hydrogens (tertiary/aromatic N) is 2. The average molecular weight is 923 g/mol. The molecule has 1 aliphatic carbocycles. The number of ether oxygens (including phenoxy) is 3. The van der Waals surface area contributed by atoms with Gasteiger partial charge in [0.15, 0.2) is 0 Å². The first-order valence-electron chi connectivity index (χ1n) is 23.2. The standard InChI is InChI=1S/C51H63FN6O9/c1-6-57(7-2)23-20-54-49(62)46-32(4)43(56-33(46)5)30-41-40-29-35(52)16-18-44(40)58(50(41)63)51(64)67-31-42-36-12-11-13-38(48(61)55-22-27-66-25-10-9-24-59)47(36)37-17-14-34(28-39(37)42)15-19-45(60)53-21-26-65-8-3/h11-14,16-18,28-30,42,56,59H,6-10,15,19-27,31H2,1-5H3,(H,53,60)(H,54,62)(H,55,61)/b41-30-. The van der Waals surface area contributed by atoms with Crippen molar-refractivity contribution in [2.45, 2.75) is 66.2 Å². The average Bonchev–Trinajstić information content (AvgIpc) is 3.90. The van der Waals surface area contributed by atoms with E-state index in [-0.39, 0.29) is 60.7 Å². The van der Waals surface area contributed by atoms with E-state index < -0.39 is 23.7 Å². The van der Waals surface area contributed by atoms with E-state index in [1.165, 1.54) is 24.3 Å². The number of carbonyl (C=O) groups is 5. The Hall–Kier alpha value is -6.20. The minimum absolute atomic E-state index is 0.0404. The Morgan fingerprint density at radius 2 is 1.63 bits per heavy atom. The number of aryl methyl sites for hydroxylation is 2. The van der Waals surface area contributed by atoms with E-state index in [0.717, 1.165) is 40.2 Å². The highest BCUT2D eigenvalue weighted by atomic mass is 19.1. The number of hydrogen-bond donors (Lipinski definition) is 5. The number of benzene rings is 3. The molecule has 67 heavy (non-hydrogen) atoms. The highest BCUT2D eigenvalue weighted by Crippen LogP contribution is 2.47. The van der Waals surface area contributed by atoms with Gasteiger partial charge in [-0.3, -0.25) is 19.2 Å². The number of H-pyrrole nitrogens is 1. The van der Waals surface area contributed by atoms with Crippen LogP contribution in [-0.4, -0.2) is 124 Å². The quantitative estimate of drug-likeness (QED) is 0.0395. The molecular formula is C51H63FN6O9. The van der Waals surface area contributed by atoms with Crippen molar-refractivity contribution in [3.63, 3.8) is 0 Å². The van der Waals surface area contributed by atoms with E-state index in [2.05, 4.69) is 39.7 Å². The highest BCUT2D eigenvalue weighted by molar-refractivity contribution is 6.41. The number of amides is 5. The molecule has 15 nitrogen and oxygen atoms in total. The number of carbonyl (C=O) groups excluding carboxylic acids is 5. The van der Waals surface area contributed by atoms with Crippen molar-refractivity contribution in [3.05, 3.63) is 111 Å². The van der Waals surface area contributed by atoms with Gasteiger partial charge in [0.2, 0.25) is 5.91 Å². The van der Waals surface area contributed by atoms with Gasteiger partial charge >= 0.3 is 6.09 Å². The van der Waals surface area contributed by atoms with Crippen LogP contribution in [0, 0.1) is 19.7 Å². The summed E-state index contributed by atoms with van der Waals surface area (Å²) < 4.78 is 31.8. The van der Waals surface area contributed by atoms with Crippen LogP contribution in [0.15, 0.2) is 54.6 Å². The van der Waals surface area contributed by atoms with Gasteiger partial charge < -0.3 is 45.2 Å². The number of rotatable bonds is 24. The Bertz CT molecular complexity index is 2460. The maximum absolute atomic E-state index is 14.9. The predicted octanol–water partition coefficient (Wildman–Crippen LogP) is 6.28. The summed E-state index contributed by atoms with van der Waals surface area (Å²) in [4.78, 5) is 74.6. The normalized spacial score (nSPS) is 14.3. The number of halogens is 1. The topological polar surface area (TPSA) is 192 Å². The summed E-state index contributed by atoms with van der Waals surface area (Å²) >= 11 is 0. The van der Waals surface area contributed by atoms with Crippen LogP contribution in [0.25, 0.3) is 22.8 Å². The Morgan fingerprint density at radius 3 is 2.39 bits per heavy atom. The zero-order valence-corrected chi connectivity index (χ0v) is 39.2. The van der Waals surface area contributed by atoms with Crippen molar-refractivity contribution < 1.29 is 47.7 Å². The van der Waals surface area contributed by atoms with Crippen molar-refractivity contribution in [2.24, 2.45) is 0 Å². The van der Waals surface area contributed by atoms with E-state index in [1.54, 1.807) is 26.0 Å². The largest absolute Gasteiger partial charge is 0.448 e. The van der Waals surface area contributed by atoms with Crippen LogP contribution in [0.1, 0.15) is 106 Å². The summed E-state index contributed by atoms with van der Waals surface area (Å²) in [5.41, 5.74) is 6.70. The molecule has 0 fully saturated rings. The summed E-state index contributed by atoms with van der Waals surface area (Å²) in [6.45, 7) is 14.7. The van der Waals surface area contributed by atoms with Crippen molar-refractivity contribution in [2.75, 3.05) is 83.8 Å². The molecule has 1 aromatic heterocycles. The van der Waals surface area contributed by atoms with E-state index in [9.17, 15) is 28.4 Å². The molecule has 0 saturated carbocycles. The number of likely N-dealkylation sites (N-methyl/N-ethyl adjacent to an activating group) is 1. The van der Waals surface area contributed by atoms with E-state index in [4.69, 9.17) is 19.3 Å². The molecule has 5 N–H and O–H groups in total. The van der Waals surface area contributed by atoms with Gasteiger partial charge in [-0.15, -0.1) is 0 Å². The number of aliphatic hydroxyl groups is 1. The first-order valence-corrected chi connectivity index (χ1v) is 23.2. The van der Waals surface area contributed by atoms with Gasteiger partial charge in [-0.05, 0) is 117 Å². The number of unbranched alkanes of at least 4 members (excludes halogenated alkanes) is 1. The second-order valence-electron chi connectivity index (χ2n) is 16.5. The second kappa shape index (κ2) is 24.0. The molecule has 4 aromatic rings. The van der Waals surface area contributed by atoms with Crippen LogP contribution in [-0.2, 0) is 30.2 Å². The Morgan fingerprint density at radius 1 is 0.866 bits per heavy atom. The van der Waals surface area contributed by atoms with Crippen LogP contribution in [0.2, 0.25) is 0 Å². The molecule has 0 spiro atoms. The van der Waals surface area contributed by atoms with Gasteiger partial charge in [-0.1, -0.05) is 44.2 Å². The third-order valence-corrected chi connectivity index (χ3v) is 12.2. The molecule has 0 radical (unpaired) electrons. The Labute approximate surface area is 391 Å². The highest BCUT2D eigenvalue weighted by Gasteiger charge is 2.40. The van der Waals surface area contributed by atoms with Gasteiger partial charge in [0.25, 0.3) is 17.7 Å². The second-order valence-corrected chi connectivity index (χ2v) is 16.5. The number of anilines is 1. The van der Waals surface area contributed by atoms with Gasteiger partial charge in [-0.2, -0.15) is 0 Å². The molecule has 16 heteroatoms. The number of nitrogens with one attached hydrogen (secondary N) is 4. The van der Waals surface area contributed by atoms with E-state index in [1.807, 2.05) is 31.2 Å². The first kappa shape index (κ1) is 50.2. The molecule has 5 amide bonds. The summed E-state index contributed by atoms with van der Waals surface area (Å²) in [5, 5.41) is 17.8. The van der Waals surface area contributed by atoms with E-state index >= 15 is 0 Å². The summed E-state index contributed by atoms with van der Waals surface area (Å²) in [6.07, 6.45) is 2.56. The van der Waals surface area contributed by atoms with Crippen LogP contribution >= 0.6 is 0 Å². The fourth-order valence-corrected chi connectivity index (χ4v) is 8.65. The Kier molecular flexibility index (Phi) is 18.0. The molecule has 0 bridgehead atoms. The summed E-state index contributed by atoms with van der Waals surface area (Å²) in [7, 11) is 0. The fourth-order valence-electron chi connectivity index (χ4n) is 8.65. The zero-order valence-electron chi connectivity index (χ0n) is 39.2. The van der Waals surface area contributed by atoms with Crippen molar-refractivity contribution in [1.82, 2.24) is 25.8 Å². The van der Waals surface area contributed by atoms with Crippen LogP contribution in [0.3, 0.4) is 0 Å². The zero-order chi connectivity index (χ0) is 48.0. The van der Waals surface area contributed by atoms with Crippen LogP contribution < -0.4 is 20.9 Å². The third kappa shape index (κ3) is 12.0. The molecule has 0 saturated heterocycles. The minimum atomic E-state index is -0.975. The lowest BCUT2D eigenvalue weighted by Gasteiger charge is -2.19. The van der Waals surface area contributed by atoms with Gasteiger partial charge in [-0.25, -0.2) is 14.1 Å². The van der Waals surface area contributed by atoms with Gasteiger partial charge in [0.05, 0.1) is 30.0 Å². The maximum atomic E-state index is 14.9. The first-order chi connectivity index (χ1) is 32.4. The lowest BCUT2D eigenvalue weighted by molar-refractivity contribution is -0.121. The predicted molar refractivity (Wildman–Crippen MR) is 255 cm³/mol. The molecule has 6 rings (SSSR count). The molecule has 2 heterocycles. The molecule has 358 valence electrons. The third-order valence-electron chi connectivity index (χ3n) is 12.2. The number of fused-ring (bicyclic) bond motifs is 4. The number of imide groups is 1. The summed E-state index contributed by atoms with van der Waals surface area (Å²) in [5.74, 6) is -2.59. The molecular weight excluding hydrogens is 860 g/mol. The molecule has 1 atom stereocenters. The van der Waals surface area contributed by atoms with Crippen LogP contribution in [0.4, 0.5) is 14.9 Å². The number of aromatic amines is 1. The van der Waals surface area contributed by atoms with Crippen molar-refractivity contribution in [3.8, 4) is 11.1 Å². The smallest absolute Gasteiger partial charge is 0.421 e. The van der Waals surface area contributed by atoms with Crippen LogP contribution in [0.5, 0.6) is 0 Å². The maximum Gasteiger partial charge on any atom is 0.421 e. The Balaban J connectivity index is 1.24. The molecule has 3 aromatic carbocycles. The van der Waals surface area contributed by atoms with Crippen molar-refractivity contribution >= 4 is 47.1 Å². The monoisotopic (exact) mass is 922 g/mol. The molecule has 2 aliphatic rings. The van der Waals surface area contributed by atoms with Crippen molar-refractivity contribution in [1.29, 1.82) is 0 Å². The molecule has 1 aliphatic heterocycles. The lowest BCUT2D eigenvalue weighted by Crippen LogP contribution is -2.35.